The number of hydrogen-bond acceptors (Lipinski definition) is 8. The number of nitrogens with one attached hydrogen (secondary N) is 1. The Labute approximate surface area is 273 Å². The smallest absolute Gasteiger partial charge is 0.435 e. The second-order valence-electron chi connectivity index (χ2n) is 12.5. The molecule has 2 unspecified atom stereocenters. The van der Waals surface area contributed by atoms with Crippen molar-refractivity contribution < 1.29 is 19.5 Å². The minimum Gasteiger partial charge on any atom is -0.435 e. The highest BCUT2D eigenvalue weighted by molar-refractivity contribution is 5.88. The van der Waals surface area contributed by atoms with Crippen molar-refractivity contribution in [3.8, 4) is 5.69 Å². The molecule has 252 valence electrons. The van der Waals surface area contributed by atoms with Gasteiger partial charge in [-0.25, -0.2) is 9.58 Å². The van der Waals surface area contributed by atoms with Gasteiger partial charge in [0.1, 0.15) is 12.0 Å². The number of aldehydes is 1. The molecular formula is C34H53N8O4+. The molecule has 2 atom stereocenters. The van der Waals surface area contributed by atoms with Gasteiger partial charge in [0.2, 0.25) is 6.41 Å². The second kappa shape index (κ2) is 17.7. The van der Waals surface area contributed by atoms with E-state index in [0.29, 0.717) is 50.6 Å². The summed E-state index contributed by atoms with van der Waals surface area (Å²) < 4.78 is 1.44. The van der Waals surface area contributed by atoms with Crippen LogP contribution >= 0.6 is 0 Å². The number of nitrogens with zero attached hydrogens (tertiary/aromatic N) is 6. The van der Waals surface area contributed by atoms with Gasteiger partial charge in [-0.2, -0.15) is 14.4 Å². The van der Waals surface area contributed by atoms with Crippen molar-refractivity contribution in [2.75, 3.05) is 51.5 Å². The summed E-state index contributed by atoms with van der Waals surface area (Å²) in [6, 6.07) is 7.83. The number of rotatable bonds is 21. The van der Waals surface area contributed by atoms with E-state index >= 15 is 0 Å². The summed E-state index contributed by atoms with van der Waals surface area (Å²) >= 11 is 0. The number of nitrogens with two attached hydrogens (primary N) is 1. The topological polar surface area (TPSA) is 146 Å². The summed E-state index contributed by atoms with van der Waals surface area (Å²) in [6.45, 7) is 10.8. The van der Waals surface area contributed by atoms with E-state index < -0.39 is 10.6 Å². The summed E-state index contributed by atoms with van der Waals surface area (Å²) in [5.74, 6) is 0.388. The van der Waals surface area contributed by atoms with Crippen molar-refractivity contribution in [3.63, 3.8) is 0 Å². The predicted octanol–water partition coefficient (Wildman–Crippen LogP) is 4.76. The number of aromatic nitrogens is 2. The largest absolute Gasteiger partial charge is 0.519 e. The van der Waals surface area contributed by atoms with E-state index in [2.05, 4.69) is 35.1 Å². The Bertz CT molecular complexity index is 1390. The lowest BCUT2D eigenvalue weighted by Crippen LogP contribution is -2.57. The molecule has 0 bridgehead atoms. The first kappa shape index (κ1) is 36.6. The molecule has 1 aromatic carbocycles. The number of carboxylic acid groups (broad SMARTS) is 1. The quantitative estimate of drug-likeness (QED) is 0.0769. The SMILES string of the molecule is CC1=NC(CCCCN(CN)C[N+](C)(C(=O)O)c2cc(N(CCCCCC=O)CCNC=O)cc(-n3nc(C)cc3C)c2)=CC1C. The molecule has 0 saturated heterocycles. The maximum atomic E-state index is 13.1. The Morgan fingerprint density at radius 3 is 2.43 bits per heavy atom. The van der Waals surface area contributed by atoms with Crippen LogP contribution in [0.5, 0.6) is 0 Å². The van der Waals surface area contributed by atoms with E-state index in [1.807, 2.05) is 47.7 Å². The molecule has 0 fully saturated rings. The Morgan fingerprint density at radius 1 is 1.07 bits per heavy atom. The Hall–Kier alpha value is -3.87. The number of quaternary nitrogens is 1. The summed E-state index contributed by atoms with van der Waals surface area (Å²) in [6.07, 6.45) is 8.62. The normalized spacial score (nSPS) is 15.8. The minimum absolute atomic E-state index is 0.182. The molecule has 1 aliphatic rings. The van der Waals surface area contributed by atoms with E-state index in [1.54, 1.807) is 7.05 Å². The number of allylic oxidation sites excluding steroid dienone is 2. The average Bonchev–Trinajstić information content (AvgIpc) is 3.54. The van der Waals surface area contributed by atoms with E-state index in [9.17, 15) is 19.5 Å². The van der Waals surface area contributed by atoms with Gasteiger partial charge >= 0.3 is 6.09 Å². The highest BCUT2D eigenvalue weighted by Crippen LogP contribution is 2.32. The molecular weight excluding hydrogens is 584 g/mol. The Morgan fingerprint density at radius 2 is 1.83 bits per heavy atom. The number of carbonyl (C=O) groups is 3. The lowest BCUT2D eigenvalue weighted by molar-refractivity contribution is -0.109. The maximum Gasteiger partial charge on any atom is 0.519 e. The van der Waals surface area contributed by atoms with Crippen molar-refractivity contribution in [1.82, 2.24) is 24.5 Å². The molecule has 1 aliphatic heterocycles. The maximum absolute atomic E-state index is 13.1. The second-order valence-corrected chi connectivity index (χ2v) is 12.5. The predicted molar refractivity (Wildman–Crippen MR) is 184 cm³/mol. The zero-order valence-electron chi connectivity index (χ0n) is 28.2. The minimum atomic E-state index is -0.993. The zero-order chi connectivity index (χ0) is 33.7. The van der Waals surface area contributed by atoms with Gasteiger partial charge in [0.15, 0.2) is 6.67 Å². The van der Waals surface area contributed by atoms with E-state index in [0.717, 1.165) is 79.0 Å². The van der Waals surface area contributed by atoms with Crippen LogP contribution in [-0.4, -0.2) is 90.9 Å². The van der Waals surface area contributed by atoms with Gasteiger partial charge in [-0.1, -0.05) is 19.4 Å². The highest BCUT2D eigenvalue weighted by Gasteiger charge is 2.38. The third-order valence-electron chi connectivity index (χ3n) is 8.68. The van der Waals surface area contributed by atoms with Gasteiger partial charge in [-0.05, 0) is 65.0 Å². The lowest BCUT2D eigenvalue weighted by Gasteiger charge is -2.34. The number of unbranched alkanes of at least 4 members (excludes halogenated alkanes) is 4. The average molecular weight is 638 g/mol. The molecule has 2 amide bonds. The van der Waals surface area contributed by atoms with Crippen LogP contribution in [0.25, 0.3) is 5.69 Å². The van der Waals surface area contributed by atoms with Gasteiger partial charge in [-0.3, -0.25) is 9.79 Å². The first-order valence-corrected chi connectivity index (χ1v) is 16.3. The van der Waals surface area contributed by atoms with Crippen LogP contribution in [-0.2, 0) is 9.59 Å². The fraction of sp³-hybridized carbons (Fsp3) is 0.559. The molecule has 46 heavy (non-hydrogen) atoms. The molecule has 2 heterocycles. The number of aryl methyl sites for hydroxylation is 2. The van der Waals surface area contributed by atoms with Crippen LogP contribution in [0.3, 0.4) is 0 Å². The molecule has 4 N–H and O–H groups in total. The van der Waals surface area contributed by atoms with Gasteiger partial charge in [-0.15, -0.1) is 0 Å². The fourth-order valence-electron chi connectivity index (χ4n) is 5.82. The molecule has 1 aromatic heterocycles. The van der Waals surface area contributed by atoms with E-state index in [4.69, 9.17) is 10.8 Å². The highest BCUT2D eigenvalue weighted by atomic mass is 16.4. The molecule has 0 spiro atoms. The van der Waals surface area contributed by atoms with Crippen molar-refractivity contribution in [2.24, 2.45) is 16.6 Å². The zero-order valence-corrected chi connectivity index (χ0v) is 28.2. The van der Waals surface area contributed by atoms with Crippen molar-refractivity contribution in [3.05, 3.63) is 47.4 Å². The standard InChI is InChI=1S/C34H52N8O4/c1-26-18-30(37-29(26)4)12-8-10-14-39(23-35)25-42(5,34(45)46)33-21-31(20-32(22-33)41-28(3)19-27(2)38-41)40(16-13-36-24-44)15-9-6-7-11-17-43/h17-22,24,26H,6-16,23,25,35H2,1-5H3,(H-,36,44,45,46)/p+1. The van der Waals surface area contributed by atoms with Crippen molar-refractivity contribution in [2.45, 2.75) is 72.6 Å². The molecule has 0 radical (unpaired) electrons. The number of aliphatic imine (C=N–C) groups is 1. The molecule has 0 aliphatic carbocycles. The van der Waals surface area contributed by atoms with Gasteiger partial charge in [0.05, 0.1) is 25.1 Å². The van der Waals surface area contributed by atoms with Crippen molar-refractivity contribution in [1.29, 1.82) is 0 Å². The Kier molecular flexibility index (Phi) is 14.1. The summed E-state index contributed by atoms with van der Waals surface area (Å²) in [5.41, 5.74) is 12.4. The molecule has 12 nitrogen and oxygen atoms in total. The summed E-state index contributed by atoms with van der Waals surface area (Å²) in [4.78, 5) is 43.8. The van der Waals surface area contributed by atoms with Crippen LogP contribution in [0, 0.1) is 19.8 Å². The molecule has 3 rings (SSSR count). The fourth-order valence-corrected chi connectivity index (χ4v) is 5.82. The van der Waals surface area contributed by atoms with Gasteiger partial charge < -0.3 is 25.9 Å². The lowest BCUT2D eigenvalue weighted by atomic mass is 10.1. The number of benzene rings is 1. The first-order chi connectivity index (χ1) is 22.0. The van der Waals surface area contributed by atoms with Crippen LogP contribution in [0.1, 0.15) is 70.2 Å². The van der Waals surface area contributed by atoms with Crippen molar-refractivity contribution >= 4 is 35.9 Å². The third kappa shape index (κ3) is 10.1. The van der Waals surface area contributed by atoms with E-state index in [-0.39, 0.29) is 13.3 Å². The van der Waals surface area contributed by atoms with Gasteiger partial charge in [0.25, 0.3) is 0 Å². The van der Waals surface area contributed by atoms with E-state index in [1.165, 1.54) is 0 Å². The molecule has 0 saturated carbocycles. The third-order valence-corrected chi connectivity index (χ3v) is 8.68. The first-order valence-electron chi connectivity index (χ1n) is 16.3. The number of anilines is 1. The van der Waals surface area contributed by atoms with Crippen LogP contribution in [0.2, 0.25) is 0 Å². The molecule has 2 aromatic rings. The summed E-state index contributed by atoms with van der Waals surface area (Å²) in [7, 11) is 1.70. The monoisotopic (exact) mass is 637 g/mol. The van der Waals surface area contributed by atoms with Gasteiger partial charge in [0, 0.05) is 73.4 Å². The van der Waals surface area contributed by atoms with Crippen LogP contribution < -0.4 is 20.4 Å². The Balaban J connectivity index is 1.92. The number of amides is 2. The van der Waals surface area contributed by atoms with Crippen LogP contribution in [0.15, 0.2) is 41.0 Å². The number of hydrogen-bond donors (Lipinski definition) is 3. The number of carbonyl (C=O) groups excluding carboxylic acids is 2. The summed E-state index contributed by atoms with van der Waals surface area (Å²) in [5, 5.41) is 18.2. The van der Waals surface area contributed by atoms with Crippen LogP contribution in [0.4, 0.5) is 16.2 Å². The molecule has 12 heteroatoms.